The van der Waals surface area contributed by atoms with E-state index in [0.717, 1.165) is 5.39 Å². The van der Waals surface area contributed by atoms with Gasteiger partial charge in [-0.15, -0.1) is 0 Å². The number of halogens is 1. The molecule has 3 aromatic heterocycles. The van der Waals surface area contributed by atoms with E-state index >= 15 is 0 Å². The molecule has 0 aliphatic rings. The molecule has 0 radical (unpaired) electrons. The minimum atomic E-state index is -0.423. The van der Waals surface area contributed by atoms with Gasteiger partial charge in [0.15, 0.2) is 0 Å². The van der Waals surface area contributed by atoms with Crippen LogP contribution in [0.1, 0.15) is 23.1 Å². The molecular formula is C19H15FN4O. The number of aromatic nitrogens is 3. The first-order valence-electron chi connectivity index (χ1n) is 7.99. The second kappa shape index (κ2) is 5.98. The second-order valence-electron chi connectivity index (χ2n) is 5.67. The maximum atomic E-state index is 13.6. The summed E-state index contributed by atoms with van der Waals surface area (Å²) in [6.45, 7) is 1.91. The zero-order valence-corrected chi connectivity index (χ0v) is 13.5. The van der Waals surface area contributed by atoms with E-state index in [0.29, 0.717) is 34.7 Å². The molecule has 4 aromatic rings. The summed E-state index contributed by atoms with van der Waals surface area (Å²) in [5, 5.41) is 3.82. The molecule has 0 aliphatic heterocycles. The van der Waals surface area contributed by atoms with Crippen molar-refractivity contribution in [3.05, 3.63) is 72.1 Å². The lowest BCUT2D eigenvalue weighted by atomic mass is 10.2. The molecule has 0 atom stereocenters. The van der Waals surface area contributed by atoms with Crippen molar-refractivity contribution in [1.29, 1.82) is 0 Å². The standard InChI is InChI=1S/C19H15FN4O/c1-2-14-18(24-11-13(20)8-9-16(24)22-14)19(25)23-15-7-3-5-12-6-4-10-21-17(12)15/h3-11H,2H2,1H3,(H,23,25). The van der Waals surface area contributed by atoms with Gasteiger partial charge in [-0.1, -0.05) is 25.1 Å². The number of hydrogen-bond donors (Lipinski definition) is 1. The summed E-state index contributed by atoms with van der Waals surface area (Å²) >= 11 is 0. The minimum Gasteiger partial charge on any atom is -0.319 e. The lowest BCUT2D eigenvalue weighted by molar-refractivity contribution is 0.102. The SMILES string of the molecule is CCc1nc2ccc(F)cn2c1C(=O)Nc1cccc2cccnc12. The van der Waals surface area contributed by atoms with E-state index < -0.39 is 5.82 Å². The van der Waals surface area contributed by atoms with E-state index in [9.17, 15) is 9.18 Å². The summed E-state index contributed by atoms with van der Waals surface area (Å²) in [4.78, 5) is 21.7. The fraction of sp³-hybridized carbons (Fsp3) is 0.105. The number of carbonyl (C=O) groups excluding carboxylic acids is 1. The van der Waals surface area contributed by atoms with Gasteiger partial charge >= 0.3 is 0 Å². The summed E-state index contributed by atoms with van der Waals surface area (Å²) in [5.41, 5.74) is 2.81. The number of pyridine rings is 2. The first-order valence-corrected chi connectivity index (χ1v) is 7.99. The van der Waals surface area contributed by atoms with Crippen molar-refractivity contribution < 1.29 is 9.18 Å². The molecule has 1 amide bonds. The van der Waals surface area contributed by atoms with Gasteiger partial charge in [-0.3, -0.25) is 14.2 Å². The van der Waals surface area contributed by atoms with Crippen molar-refractivity contribution in [2.45, 2.75) is 13.3 Å². The largest absolute Gasteiger partial charge is 0.319 e. The maximum Gasteiger partial charge on any atom is 0.274 e. The molecule has 0 saturated carbocycles. The number of anilines is 1. The Labute approximate surface area is 143 Å². The molecule has 1 aromatic carbocycles. The Balaban J connectivity index is 1.81. The van der Waals surface area contributed by atoms with E-state index in [2.05, 4.69) is 15.3 Å². The van der Waals surface area contributed by atoms with Crippen LogP contribution in [-0.2, 0) is 6.42 Å². The third-order valence-electron chi connectivity index (χ3n) is 4.09. The summed E-state index contributed by atoms with van der Waals surface area (Å²) in [6, 6.07) is 12.2. The molecule has 6 heteroatoms. The van der Waals surface area contributed by atoms with Crippen molar-refractivity contribution in [2.24, 2.45) is 0 Å². The highest BCUT2D eigenvalue weighted by molar-refractivity contribution is 6.08. The molecular weight excluding hydrogens is 319 g/mol. The van der Waals surface area contributed by atoms with Gasteiger partial charge in [-0.2, -0.15) is 0 Å². The van der Waals surface area contributed by atoms with Gasteiger partial charge in [0.05, 0.1) is 16.9 Å². The minimum absolute atomic E-state index is 0.338. The number of para-hydroxylation sites is 1. The number of amides is 1. The molecule has 0 fully saturated rings. The van der Waals surface area contributed by atoms with Crippen LogP contribution in [0.15, 0.2) is 54.9 Å². The van der Waals surface area contributed by atoms with Gasteiger partial charge in [-0.25, -0.2) is 9.37 Å². The fourth-order valence-corrected chi connectivity index (χ4v) is 2.94. The van der Waals surface area contributed by atoms with Gasteiger partial charge in [0, 0.05) is 17.8 Å². The number of nitrogens with zero attached hydrogens (tertiary/aromatic N) is 3. The zero-order valence-electron chi connectivity index (χ0n) is 13.5. The highest BCUT2D eigenvalue weighted by atomic mass is 19.1. The lowest BCUT2D eigenvalue weighted by Crippen LogP contribution is -2.16. The van der Waals surface area contributed by atoms with E-state index in [4.69, 9.17) is 0 Å². The predicted octanol–water partition coefficient (Wildman–Crippen LogP) is 3.84. The maximum absolute atomic E-state index is 13.6. The van der Waals surface area contributed by atoms with Crippen LogP contribution >= 0.6 is 0 Å². The van der Waals surface area contributed by atoms with Crippen molar-refractivity contribution >= 4 is 28.1 Å². The number of rotatable bonds is 3. The molecule has 5 nitrogen and oxygen atoms in total. The molecule has 1 N–H and O–H groups in total. The van der Waals surface area contributed by atoms with Crippen LogP contribution in [0.25, 0.3) is 16.6 Å². The quantitative estimate of drug-likeness (QED) is 0.619. The van der Waals surface area contributed by atoms with Gasteiger partial charge < -0.3 is 5.32 Å². The van der Waals surface area contributed by atoms with Crippen LogP contribution in [0.2, 0.25) is 0 Å². The number of hydrogen-bond acceptors (Lipinski definition) is 3. The molecule has 4 rings (SSSR count). The van der Waals surface area contributed by atoms with E-state index in [1.807, 2.05) is 31.2 Å². The Morgan fingerprint density at radius 3 is 2.88 bits per heavy atom. The summed E-state index contributed by atoms with van der Waals surface area (Å²) in [6.07, 6.45) is 3.52. The first kappa shape index (κ1) is 15.3. The highest BCUT2D eigenvalue weighted by Crippen LogP contribution is 2.22. The van der Waals surface area contributed by atoms with E-state index in [1.54, 1.807) is 18.3 Å². The number of imidazole rings is 1. The monoisotopic (exact) mass is 334 g/mol. The van der Waals surface area contributed by atoms with Gasteiger partial charge in [0.2, 0.25) is 0 Å². The third-order valence-corrected chi connectivity index (χ3v) is 4.09. The molecule has 25 heavy (non-hydrogen) atoms. The van der Waals surface area contributed by atoms with Crippen LogP contribution in [0.3, 0.4) is 0 Å². The van der Waals surface area contributed by atoms with Crippen molar-refractivity contribution in [3.63, 3.8) is 0 Å². The smallest absolute Gasteiger partial charge is 0.274 e. The van der Waals surface area contributed by atoms with Crippen LogP contribution in [0, 0.1) is 5.82 Å². The molecule has 0 bridgehead atoms. The van der Waals surface area contributed by atoms with Crippen molar-refractivity contribution in [3.8, 4) is 0 Å². The van der Waals surface area contributed by atoms with Crippen LogP contribution in [0.5, 0.6) is 0 Å². The zero-order chi connectivity index (χ0) is 17.4. The van der Waals surface area contributed by atoms with Gasteiger partial charge in [0.1, 0.15) is 17.2 Å². The van der Waals surface area contributed by atoms with Crippen LogP contribution in [0.4, 0.5) is 10.1 Å². The fourth-order valence-electron chi connectivity index (χ4n) is 2.94. The molecule has 0 unspecified atom stereocenters. The van der Waals surface area contributed by atoms with Crippen LogP contribution in [-0.4, -0.2) is 20.3 Å². The molecule has 0 aliphatic carbocycles. The number of nitrogens with one attached hydrogen (secondary N) is 1. The topological polar surface area (TPSA) is 59.3 Å². The predicted molar refractivity (Wildman–Crippen MR) is 94.2 cm³/mol. The molecule has 124 valence electrons. The lowest BCUT2D eigenvalue weighted by Gasteiger charge is -2.09. The van der Waals surface area contributed by atoms with E-state index in [-0.39, 0.29) is 5.91 Å². The summed E-state index contributed by atoms with van der Waals surface area (Å²) < 4.78 is 15.1. The van der Waals surface area contributed by atoms with Crippen molar-refractivity contribution in [2.75, 3.05) is 5.32 Å². The Morgan fingerprint density at radius 1 is 1.20 bits per heavy atom. The Hall–Kier alpha value is -3.28. The average molecular weight is 334 g/mol. The molecule has 0 saturated heterocycles. The van der Waals surface area contributed by atoms with Gasteiger partial charge in [0.25, 0.3) is 5.91 Å². The average Bonchev–Trinajstić information content (AvgIpc) is 3.00. The highest BCUT2D eigenvalue weighted by Gasteiger charge is 2.19. The molecule has 0 spiro atoms. The van der Waals surface area contributed by atoms with Gasteiger partial charge in [-0.05, 0) is 30.7 Å². The normalized spacial score (nSPS) is 11.1. The number of fused-ring (bicyclic) bond motifs is 2. The Kier molecular flexibility index (Phi) is 3.65. The first-order chi connectivity index (χ1) is 12.2. The molecule has 3 heterocycles. The third kappa shape index (κ3) is 2.61. The second-order valence-corrected chi connectivity index (χ2v) is 5.67. The number of aryl methyl sites for hydroxylation is 1. The summed E-state index contributed by atoms with van der Waals surface area (Å²) in [7, 11) is 0. The summed E-state index contributed by atoms with van der Waals surface area (Å²) in [5.74, 6) is -0.762. The number of carbonyl (C=O) groups is 1. The van der Waals surface area contributed by atoms with Crippen molar-refractivity contribution in [1.82, 2.24) is 14.4 Å². The number of benzene rings is 1. The Morgan fingerprint density at radius 2 is 2.04 bits per heavy atom. The van der Waals surface area contributed by atoms with Crippen LogP contribution < -0.4 is 5.32 Å². The Bertz CT molecular complexity index is 1100. The van der Waals surface area contributed by atoms with E-state index in [1.165, 1.54) is 16.7 Å².